The monoisotopic (exact) mass is 280 g/mol. The molecule has 0 saturated carbocycles. The van der Waals surface area contributed by atoms with Gasteiger partial charge in [-0.1, -0.05) is 56.9 Å². The molecule has 0 unspecified atom stereocenters. The fourth-order valence-electron chi connectivity index (χ4n) is 1.58. The molecule has 20 heavy (non-hydrogen) atoms. The maximum absolute atomic E-state index is 8.99. The summed E-state index contributed by atoms with van der Waals surface area (Å²) in [6.45, 7) is 2.03. The Labute approximate surface area is 123 Å². The van der Waals surface area contributed by atoms with Gasteiger partial charge in [0.25, 0.3) is 0 Å². The molecule has 0 rings (SSSR count). The van der Waals surface area contributed by atoms with E-state index < -0.39 is 6.10 Å². The SMILES string of the molecule is CCCCCCCC/C=C/C#C/C=C\OC[C@@H](O)CO. The molecule has 0 aromatic rings. The second-order valence-electron chi connectivity index (χ2n) is 4.72. The smallest absolute Gasteiger partial charge is 0.115 e. The van der Waals surface area contributed by atoms with Crippen LogP contribution in [0.1, 0.15) is 51.9 Å². The van der Waals surface area contributed by atoms with Crippen molar-refractivity contribution >= 4 is 0 Å². The van der Waals surface area contributed by atoms with Gasteiger partial charge >= 0.3 is 0 Å². The van der Waals surface area contributed by atoms with Gasteiger partial charge in [-0.05, 0) is 18.9 Å². The first-order valence-corrected chi connectivity index (χ1v) is 7.52. The number of unbranched alkanes of at least 4 members (excludes halogenated alkanes) is 6. The maximum Gasteiger partial charge on any atom is 0.115 e. The zero-order valence-electron chi connectivity index (χ0n) is 12.6. The highest BCUT2D eigenvalue weighted by Crippen LogP contribution is 2.06. The largest absolute Gasteiger partial charge is 0.498 e. The number of allylic oxidation sites excluding steroid dienone is 3. The molecule has 0 aromatic heterocycles. The summed E-state index contributed by atoms with van der Waals surface area (Å²) in [5, 5.41) is 17.5. The van der Waals surface area contributed by atoms with Crippen molar-refractivity contribution in [2.45, 2.75) is 58.0 Å². The third-order valence-electron chi connectivity index (χ3n) is 2.76. The van der Waals surface area contributed by atoms with Gasteiger partial charge in [0.2, 0.25) is 0 Å². The molecule has 0 amide bonds. The molecule has 114 valence electrons. The van der Waals surface area contributed by atoms with Crippen molar-refractivity contribution in [3.8, 4) is 11.8 Å². The van der Waals surface area contributed by atoms with E-state index >= 15 is 0 Å². The van der Waals surface area contributed by atoms with Crippen molar-refractivity contribution in [1.82, 2.24) is 0 Å². The minimum Gasteiger partial charge on any atom is -0.498 e. The van der Waals surface area contributed by atoms with Gasteiger partial charge in [0.1, 0.15) is 12.7 Å². The van der Waals surface area contributed by atoms with Gasteiger partial charge in [0, 0.05) is 6.08 Å². The summed E-state index contributed by atoms with van der Waals surface area (Å²) in [7, 11) is 0. The van der Waals surface area contributed by atoms with Gasteiger partial charge < -0.3 is 14.9 Å². The summed E-state index contributed by atoms with van der Waals surface area (Å²) < 4.78 is 4.96. The molecule has 0 bridgehead atoms. The molecule has 0 fully saturated rings. The van der Waals surface area contributed by atoms with Crippen LogP contribution in [0, 0.1) is 11.8 Å². The Morgan fingerprint density at radius 1 is 1.05 bits per heavy atom. The predicted octanol–water partition coefficient (Wildman–Crippen LogP) is 3.18. The number of aliphatic hydroxyl groups excluding tert-OH is 2. The standard InChI is InChI=1S/C17H28O3/c1-2-3-4-5-6-7-8-9-10-11-12-13-14-20-16-17(19)15-18/h9-10,13-14,17-19H,2-8,15-16H2,1H3/b10-9+,14-13-/t17-/m0/s1. The van der Waals surface area contributed by atoms with Crippen LogP contribution in [0.2, 0.25) is 0 Å². The lowest BCUT2D eigenvalue weighted by molar-refractivity contribution is 0.0385. The molecule has 0 heterocycles. The first-order chi connectivity index (χ1) is 9.81. The summed E-state index contributed by atoms with van der Waals surface area (Å²) in [5.74, 6) is 5.70. The highest BCUT2D eigenvalue weighted by atomic mass is 16.5. The first-order valence-electron chi connectivity index (χ1n) is 7.52. The van der Waals surface area contributed by atoms with Crippen molar-refractivity contribution in [1.29, 1.82) is 0 Å². The normalized spacial score (nSPS) is 12.6. The molecule has 0 aliphatic heterocycles. The van der Waals surface area contributed by atoms with Crippen LogP contribution >= 0.6 is 0 Å². The summed E-state index contributed by atoms with van der Waals surface area (Å²) in [4.78, 5) is 0. The Kier molecular flexibility index (Phi) is 14.8. The number of ether oxygens (including phenoxy) is 1. The number of aliphatic hydroxyl groups is 2. The van der Waals surface area contributed by atoms with Gasteiger partial charge in [-0.2, -0.15) is 0 Å². The van der Waals surface area contributed by atoms with Crippen LogP contribution < -0.4 is 0 Å². The molecular formula is C17H28O3. The van der Waals surface area contributed by atoms with E-state index in [2.05, 4.69) is 24.8 Å². The molecule has 0 aromatic carbocycles. The molecule has 0 saturated heterocycles. The van der Waals surface area contributed by atoms with E-state index in [1.807, 2.05) is 6.08 Å². The van der Waals surface area contributed by atoms with E-state index in [4.69, 9.17) is 14.9 Å². The van der Waals surface area contributed by atoms with Crippen LogP contribution in [0.5, 0.6) is 0 Å². The van der Waals surface area contributed by atoms with Crippen LogP contribution in [-0.2, 0) is 4.74 Å². The number of rotatable bonds is 11. The average Bonchev–Trinajstić information content (AvgIpc) is 2.47. The lowest BCUT2D eigenvalue weighted by Crippen LogP contribution is -2.17. The lowest BCUT2D eigenvalue weighted by atomic mass is 10.1. The highest BCUT2D eigenvalue weighted by Gasteiger charge is 1.98. The van der Waals surface area contributed by atoms with Crippen LogP contribution in [-0.4, -0.2) is 29.5 Å². The topological polar surface area (TPSA) is 49.7 Å². The lowest BCUT2D eigenvalue weighted by Gasteiger charge is -2.04. The summed E-state index contributed by atoms with van der Waals surface area (Å²) in [6, 6.07) is 0. The predicted molar refractivity (Wildman–Crippen MR) is 83.1 cm³/mol. The quantitative estimate of drug-likeness (QED) is 0.347. The highest BCUT2D eigenvalue weighted by molar-refractivity contribution is 5.22. The minimum absolute atomic E-state index is 0.0859. The minimum atomic E-state index is -0.829. The Hall–Kier alpha value is -1.24. The van der Waals surface area contributed by atoms with E-state index in [-0.39, 0.29) is 13.2 Å². The molecule has 0 aliphatic carbocycles. The van der Waals surface area contributed by atoms with Gasteiger partial charge in [0.15, 0.2) is 0 Å². The van der Waals surface area contributed by atoms with Crippen LogP contribution in [0.25, 0.3) is 0 Å². The number of hydrogen-bond donors (Lipinski definition) is 2. The van der Waals surface area contributed by atoms with E-state index in [1.165, 1.54) is 44.8 Å². The maximum atomic E-state index is 8.99. The van der Waals surface area contributed by atoms with E-state index in [1.54, 1.807) is 6.08 Å². The van der Waals surface area contributed by atoms with Crippen LogP contribution in [0.3, 0.4) is 0 Å². The summed E-state index contributed by atoms with van der Waals surface area (Å²) >= 11 is 0. The molecular weight excluding hydrogens is 252 g/mol. The van der Waals surface area contributed by atoms with Crippen molar-refractivity contribution in [3.63, 3.8) is 0 Å². The van der Waals surface area contributed by atoms with E-state index in [0.29, 0.717) is 0 Å². The third-order valence-corrected chi connectivity index (χ3v) is 2.76. The molecule has 0 spiro atoms. The van der Waals surface area contributed by atoms with Crippen molar-refractivity contribution in [2.75, 3.05) is 13.2 Å². The van der Waals surface area contributed by atoms with Crippen LogP contribution in [0.15, 0.2) is 24.5 Å². The second-order valence-corrected chi connectivity index (χ2v) is 4.72. The molecule has 0 aliphatic rings. The average molecular weight is 280 g/mol. The van der Waals surface area contributed by atoms with Crippen molar-refractivity contribution in [3.05, 3.63) is 24.5 Å². The fraction of sp³-hybridized carbons (Fsp3) is 0.647. The third kappa shape index (κ3) is 14.8. The van der Waals surface area contributed by atoms with E-state index in [9.17, 15) is 0 Å². The molecule has 2 N–H and O–H groups in total. The zero-order chi connectivity index (χ0) is 14.9. The fourth-order valence-corrected chi connectivity index (χ4v) is 1.58. The Morgan fingerprint density at radius 3 is 2.50 bits per heavy atom. The summed E-state index contributed by atoms with van der Waals surface area (Å²) in [5.41, 5.74) is 0. The van der Waals surface area contributed by atoms with E-state index in [0.717, 1.165) is 6.42 Å². The Bertz CT molecular complexity index is 310. The van der Waals surface area contributed by atoms with Gasteiger partial charge in [-0.15, -0.1) is 0 Å². The van der Waals surface area contributed by atoms with Gasteiger partial charge in [-0.25, -0.2) is 0 Å². The summed E-state index contributed by atoms with van der Waals surface area (Å²) in [6.07, 6.45) is 15.1. The number of hydrogen-bond acceptors (Lipinski definition) is 3. The zero-order valence-corrected chi connectivity index (χ0v) is 12.6. The first kappa shape index (κ1) is 18.8. The molecule has 0 radical (unpaired) electrons. The van der Waals surface area contributed by atoms with Gasteiger partial charge in [0.05, 0.1) is 12.9 Å². The van der Waals surface area contributed by atoms with Crippen molar-refractivity contribution in [2.24, 2.45) is 0 Å². The Morgan fingerprint density at radius 2 is 1.75 bits per heavy atom. The molecule has 3 heteroatoms. The Balaban J connectivity index is 3.42. The second kappa shape index (κ2) is 15.8. The van der Waals surface area contributed by atoms with Crippen LogP contribution in [0.4, 0.5) is 0 Å². The molecule has 1 atom stereocenters. The van der Waals surface area contributed by atoms with Gasteiger partial charge in [-0.3, -0.25) is 0 Å². The molecule has 3 nitrogen and oxygen atoms in total. The van der Waals surface area contributed by atoms with Crippen molar-refractivity contribution < 1.29 is 14.9 Å².